The quantitative estimate of drug-likeness (QED) is 0.809. The molecule has 0 bridgehead atoms. The third-order valence-corrected chi connectivity index (χ3v) is 3.88. The molecule has 2 rings (SSSR count). The van der Waals surface area contributed by atoms with Gasteiger partial charge in [-0.2, -0.15) is 0 Å². The molecule has 0 aliphatic carbocycles. The van der Waals surface area contributed by atoms with Crippen molar-refractivity contribution in [3.8, 4) is 0 Å². The highest BCUT2D eigenvalue weighted by Gasteiger charge is 2.20. The van der Waals surface area contributed by atoms with Gasteiger partial charge in [-0.15, -0.1) is 0 Å². The second-order valence-electron chi connectivity index (χ2n) is 5.52. The monoisotopic (exact) mass is 347 g/mol. The SMILES string of the molecule is CCN(C(=O)CNC(=O)NCc1ccco1)[C@@H](C)c1ccc(F)cc1. The maximum Gasteiger partial charge on any atom is 0.315 e. The summed E-state index contributed by atoms with van der Waals surface area (Å²) in [5.41, 5.74) is 0.832. The van der Waals surface area contributed by atoms with Gasteiger partial charge in [0.2, 0.25) is 5.91 Å². The molecule has 0 radical (unpaired) electrons. The van der Waals surface area contributed by atoms with Crippen LogP contribution in [0.4, 0.5) is 9.18 Å². The van der Waals surface area contributed by atoms with E-state index in [2.05, 4.69) is 10.6 Å². The first-order valence-corrected chi connectivity index (χ1v) is 8.10. The smallest absolute Gasteiger partial charge is 0.315 e. The van der Waals surface area contributed by atoms with Crippen molar-refractivity contribution >= 4 is 11.9 Å². The minimum absolute atomic E-state index is 0.122. The number of halogens is 1. The number of hydrogen-bond acceptors (Lipinski definition) is 3. The molecule has 3 amide bonds. The van der Waals surface area contributed by atoms with Crippen LogP contribution in [-0.4, -0.2) is 29.9 Å². The minimum Gasteiger partial charge on any atom is -0.467 e. The van der Waals surface area contributed by atoms with Crippen LogP contribution in [0.2, 0.25) is 0 Å². The Morgan fingerprint density at radius 2 is 1.92 bits per heavy atom. The summed E-state index contributed by atoms with van der Waals surface area (Å²) in [5, 5.41) is 5.14. The normalized spacial score (nSPS) is 11.6. The lowest BCUT2D eigenvalue weighted by atomic mass is 10.1. The zero-order valence-electron chi connectivity index (χ0n) is 14.3. The topological polar surface area (TPSA) is 74.6 Å². The van der Waals surface area contributed by atoms with Gasteiger partial charge < -0.3 is 20.0 Å². The van der Waals surface area contributed by atoms with Gasteiger partial charge in [-0.25, -0.2) is 9.18 Å². The summed E-state index contributed by atoms with van der Waals surface area (Å²) < 4.78 is 18.1. The lowest BCUT2D eigenvalue weighted by Crippen LogP contribution is -2.44. The molecule has 0 saturated carbocycles. The third-order valence-electron chi connectivity index (χ3n) is 3.88. The van der Waals surface area contributed by atoms with E-state index in [9.17, 15) is 14.0 Å². The van der Waals surface area contributed by atoms with E-state index < -0.39 is 6.03 Å². The first-order chi connectivity index (χ1) is 12.0. The van der Waals surface area contributed by atoms with Crippen molar-refractivity contribution in [1.82, 2.24) is 15.5 Å². The summed E-state index contributed by atoms with van der Waals surface area (Å²) in [6.45, 7) is 4.33. The van der Waals surface area contributed by atoms with Crippen LogP contribution < -0.4 is 10.6 Å². The number of nitrogens with one attached hydrogen (secondary N) is 2. The molecular formula is C18H22FN3O3. The van der Waals surface area contributed by atoms with Gasteiger partial charge in [-0.05, 0) is 43.7 Å². The Balaban J connectivity index is 1.84. The van der Waals surface area contributed by atoms with Gasteiger partial charge in [0.25, 0.3) is 0 Å². The number of nitrogens with zero attached hydrogens (tertiary/aromatic N) is 1. The number of hydrogen-bond donors (Lipinski definition) is 2. The molecule has 0 saturated heterocycles. The molecule has 25 heavy (non-hydrogen) atoms. The Hall–Kier alpha value is -2.83. The van der Waals surface area contributed by atoms with E-state index in [0.717, 1.165) is 5.56 Å². The lowest BCUT2D eigenvalue weighted by molar-refractivity contribution is -0.132. The van der Waals surface area contributed by atoms with Crippen LogP contribution in [0.1, 0.15) is 31.2 Å². The molecule has 134 valence electrons. The van der Waals surface area contributed by atoms with Crippen LogP contribution >= 0.6 is 0 Å². The van der Waals surface area contributed by atoms with Gasteiger partial charge in [0, 0.05) is 6.54 Å². The van der Waals surface area contributed by atoms with Gasteiger partial charge in [-0.3, -0.25) is 4.79 Å². The van der Waals surface area contributed by atoms with Crippen LogP contribution in [0, 0.1) is 5.82 Å². The van der Waals surface area contributed by atoms with Crippen molar-refractivity contribution in [1.29, 1.82) is 0 Å². The molecule has 6 nitrogen and oxygen atoms in total. The van der Waals surface area contributed by atoms with Gasteiger partial charge in [0.1, 0.15) is 11.6 Å². The summed E-state index contributed by atoms with van der Waals surface area (Å²) in [4.78, 5) is 25.8. The molecule has 1 heterocycles. The lowest BCUT2D eigenvalue weighted by Gasteiger charge is -2.28. The Kier molecular flexibility index (Phi) is 6.56. The number of carbonyl (C=O) groups is 2. The van der Waals surface area contributed by atoms with Crippen molar-refractivity contribution < 1.29 is 18.4 Å². The Bertz CT molecular complexity index is 686. The molecule has 1 atom stereocenters. The first-order valence-electron chi connectivity index (χ1n) is 8.10. The standard InChI is InChI=1S/C18H22FN3O3/c1-3-22(13(2)14-6-8-15(19)9-7-14)17(23)12-21-18(24)20-11-16-5-4-10-25-16/h4-10,13H,3,11-12H2,1-2H3,(H2,20,21,24)/t13-/m0/s1. The molecule has 7 heteroatoms. The molecule has 0 unspecified atom stereocenters. The van der Waals surface area contributed by atoms with Crippen molar-refractivity contribution in [3.63, 3.8) is 0 Å². The van der Waals surface area contributed by atoms with Crippen molar-refractivity contribution in [2.24, 2.45) is 0 Å². The average Bonchev–Trinajstić information content (AvgIpc) is 3.13. The van der Waals surface area contributed by atoms with Gasteiger partial charge in [0.15, 0.2) is 0 Å². The second-order valence-corrected chi connectivity index (χ2v) is 5.52. The van der Waals surface area contributed by atoms with Crippen molar-refractivity contribution in [3.05, 3.63) is 59.8 Å². The molecule has 2 aromatic rings. The van der Waals surface area contributed by atoms with E-state index in [1.165, 1.54) is 18.4 Å². The fraction of sp³-hybridized carbons (Fsp3) is 0.333. The maximum atomic E-state index is 13.0. The minimum atomic E-state index is -0.449. The van der Waals surface area contributed by atoms with E-state index in [1.54, 1.807) is 29.2 Å². The molecule has 0 fully saturated rings. The van der Waals surface area contributed by atoms with Crippen LogP contribution in [-0.2, 0) is 11.3 Å². The number of furan rings is 1. The summed E-state index contributed by atoms with van der Waals surface area (Å²) in [5.74, 6) is 0.0919. The number of urea groups is 1. The summed E-state index contributed by atoms with van der Waals surface area (Å²) >= 11 is 0. The largest absolute Gasteiger partial charge is 0.467 e. The number of likely N-dealkylation sites (N-methyl/N-ethyl adjacent to an activating group) is 1. The third kappa shape index (κ3) is 5.34. The van der Waals surface area contributed by atoms with E-state index >= 15 is 0 Å². The number of rotatable bonds is 7. The fourth-order valence-corrected chi connectivity index (χ4v) is 2.49. The Morgan fingerprint density at radius 3 is 2.52 bits per heavy atom. The van der Waals surface area contributed by atoms with Crippen LogP contribution in [0.3, 0.4) is 0 Å². The van der Waals surface area contributed by atoms with E-state index in [1.807, 2.05) is 13.8 Å². The maximum absolute atomic E-state index is 13.0. The van der Waals surface area contributed by atoms with Gasteiger partial charge >= 0.3 is 6.03 Å². The zero-order chi connectivity index (χ0) is 18.2. The van der Waals surface area contributed by atoms with E-state index in [-0.39, 0.29) is 30.9 Å². The Morgan fingerprint density at radius 1 is 1.20 bits per heavy atom. The van der Waals surface area contributed by atoms with Crippen LogP contribution in [0.15, 0.2) is 47.1 Å². The molecule has 0 aliphatic heterocycles. The highest BCUT2D eigenvalue weighted by molar-refractivity contribution is 5.84. The van der Waals surface area contributed by atoms with E-state index in [4.69, 9.17) is 4.42 Å². The predicted octanol–water partition coefficient (Wildman–Crippen LogP) is 2.83. The second kappa shape index (κ2) is 8.86. The molecule has 0 aliphatic rings. The summed E-state index contributed by atoms with van der Waals surface area (Å²) in [7, 11) is 0. The number of carbonyl (C=O) groups excluding carboxylic acids is 2. The molecule has 1 aromatic carbocycles. The highest BCUT2D eigenvalue weighted by atomic mass is 19.1. The molecule has 0 spiro atoms. The molecule has 2 N–H and O–H groups in total. The highest BCUT2D eigenvalue weighted by Crippen LogP contribution is 2.20. The predicted molar refractivity (Wildman–Crippen MR) is 91.1 cm³/mol. The number of amides is 3. The molecular weight excluding hydrogens is 325 g/mol. The first kappa shape index (κ1) is 18.5. The zero-order valence-corrected chi connectivity index (χ0v) is 14.3. The van der Waals surface area contributed by atoms with Crippen molar-refractivity contribution in [2.75, 3.05) is 13.1 Å². The Labute approximate surface area is 146 Å². The fourth-order valence-electron chi connectivity index (χ4n) is 2.49. The van der Waals surface area contributed by atoms with Crippen molar-refractivity contribution in [2.45, 2.75) is 26.4 Å². The summed E-state index contributed by atoms with van der Waals surface area (Å²) in [6, 6.07) is 8.85. The van der Waals surface area contributed by atoms with Crippen LogP contribution in [0.5, 0.6) is 0 Å². The van der Waals surface area contributed by atoms with Gasteiger partial charge in [0.05, 0.1) is 25.4 Å². The molecule has 1 aromatic heterocycles. The average molecular weight is 347 g/mol. The van der Waals surface area contributed by atoms with Gasteiger partial charge in [-0.1, -0.05) is 12.1 Å². The summed E-state index contributed by atoms with van der Waals surface area (Å²) in [6.07, 6.45) is 1.52. The van der Waals surface area contributed by atoms with E-state index in [0.29, 0.717) is 12.3 Å². The van der Waals surface area contributed by atoms with Crippen LogP contribution in [0.25, 0.3) is 0 Å². The number of benzene rings is 1.